The maximum Gasteiger partial charge on any atom is 0.162 e. The number of nitrogen functional groups attached to an aromatic ring is 1. The van der Waals surface area contributed by atoms with E-state index in [1.165, 1.54) is 11.1 Å². The van der Waals surface area contributed by atoms with Gasteiger partial charge in [-0.3, -0.25) is 4.40 Å². The number of pyridine rings is 1. The van der Waals surface area contributed by atoms with Crippen molar-refractivity contribution in [1.29, 1.82) is 0 Å². The monoisotopic (exact) mass is 252 g/mol. The maximum absolute atomic E-state index is 5.98. The Kier molecular flexibility index (Phi) is 2.91. The predicted octanol–water partition coefficient (Wildman–Crippen LogP) is 2.41. The van der Waals surface area contributed by atoms with E-state index < -0.39 is 0 Å². The number of aryl methyl sites for hydroxylation is 3. The number of hydrogen-bond acceptors (Lipinski definition) is 3. The van der Waals surface area contributed by atoms with Crippen molar-refractivity contribution in [1.82, 2.24) is 14.6 Å². The zero-order chi connectivity index (χ0) is 13.2. The van der Waals surface area contributed by atoms with Crippen LogP contribution in [0, 0.1) is 6.92 Å². The highest BCUT2D eigenvalue weighted by Crippen LogP contribution is 2.14. The summed E-state index contributed by atoms with van der Waals surface area (Å²) in [6.45, 7) is 2.13. The molecule has 0 amide bonds. The number of nitrogens with two attached hydrogens (primary N) is 1. The molecule has 0 unspecified atom stereocenters. The summed E-state index contributed by atoms with van der Waals surface area (Å²) < 4.78 is 1.91. The number of anilines is 1. The van der Waals surface area contributed by atoms with Crippen molar-refractivity contribution < 1.29 is 0 Å². The normalized spacial score (nSPS) is 11.0. The van der Waals surface area contributed by atoms with Crippen LogP contribution in [-0.2, 0) is 12.8 Å². The SMILES string of the molecule is Cc1ccccc1CCc1nnc2cccc(N)n12. The number of rotatable bonds is 3. The minimum Gasteiger partial charge on any atom is -0.385 e. The van der Waals surface area contributed by atoms with E-state index >= 15 is 0 Å². The van der Waals surface area contributed by atoms with E-state index in [1.807, 2.05) is 22.6 Å². The fourth-order valence-electron chi connectivity index (χ4n) is 2.33. The summed E-state index contributed by atoms with van der Waals surface area (Å²) in [6.07, 6.45) is 1.78. The number of nitrogens with zero attached hydrogens (tertiary/aromatic N) is 3. The molecule has 96 valence electrons. The van der Waals surface area contributed by atoms with Crippen LogP contribution >= 0.6 is 0 Å². The van der Waals surface area contributed by atoms with Gasteiger partial charge in [0.15, 0.2) is 5.65 Å². The summed E-state index contributed by atoms with van der Waals surface area (Å²) in [7, 11) is 0. The van der Waals surface area contributed by atoms with Crippen molar-refractivity contribution in [3.63, 3.8) is 0 Å². The lowest BCUT2D eigenvalue weighted by Crippen LogP contribution is -2.03. The topological polar surface area (TPSA) is 56.2 Å². The Hall–Kier alpha value is -2.36. The molecule has 3 aromatic rings. The fourth-order valence-corrected chi connectivity index (χ4v) is 2.33. The molecule has 0 fully saturated rings. The van der Waals surface area contributed by atoms with Gasteiger partial charge in [-0.15, -0.1) is 10.2 Å². The number of fused-ring (bicyclic) bond motifs is 1. The molecule has 0 aliphatic heterocycles. The summed E-state index contributed by atoms with van der Waals surface area (Å²) in [5.41, 5.74) is 9.44. The fraction of sp³-hybridized carbons (Fsp3) is 0.200. The molecule has 2 aromatic heterocycles. The van der Waals surface area contributed by atoms with E-state index in [2.05, 4.69) is 41.4 Å². The Labute approximate surface area is 111 Å². The molecule has 2 N–H and O–H groups in total. The van der Waals surface area contributed by atoms with E-state index in [0.29, 0.717) is 5.82 Å². The zero-order valence-electron chi connectivity index (χ0n) is 10.9. The number of benzene rings is 1. The lowest BCUT2D eigenvalue weighted by atomic mass is 10.0. The van der Waals surface area contributed by atoms with Gasteiger partial charge in [0, 0.05) is 6.42 Å². The van der Waals surface area contributed by atoms with Gasteiger partial charge in [-0.1, -0.05) is 30.3 Å². The molecule has 0 saturated heterocycles. The quantitative estimate of drug-likeness (QED) is 0.778. The minimum atomic E-state index is 0.683. The van der Waals surface area contributed by atoms with Gasteiger partial charge in [0.2, 0.25) is 0 Å². The van der Waals surface area contributed by atoms with Crippen LogP contribution in [0.5, 0.6) is 0 Å². The molecule has 0 bridgehead atoms. The third-order valence-corrected chi connectivity index (χ3v) is 3.40. The molecule has 0 aliphatic carbocycles. The summed E-state index contributed by atoms with van der Waals surface area (Å²) in [5, 5.41) is 8.38. The van der Waals surface area contributed by atoms with Crippen LogP contribution in [0.2, 0.25) is 0 Å². The second-order valence-electron chi connectivity index (χ2n) is 4.69. The standard InChI is InChI=1S/C15H16N4/c1-11-5-2-3-6-12(11)9-10-15-18-17-14-8-4-7-13(16)19(14)15/h2-8H,9-10,16H2,1H3. The highest BCUT2D eigenvalue weighted by molar-refractivity contribution is 5.47. The minimum absolute atomic E-state index is 0.683. The number of hydrogen-bond donors (Lipinski definition) is 1. The first-order valence-electron chi connectivity index (χ1n) is 6.39. The van der Waals surface area contributed by atoms with E-state index in [-0.39, 0.29) is 0 Å². The third-order valence-electron chi connectivity index (χ3n) is 3.40. The molecule has 0 atom stereocenters. The molecule has 4 nitrogen and oxygen atoms in total. The first-order chi connectivity index (χ1) is 9.25. The van der Waals surface area contributed by atoms with Gasteiger partial charge >= 0.3 is 0 Å². The Balaban J connectivity index is 1.89. The average molecular weight is 252 g/mol. The summed E-state index contributed by atoms with van der Waals surface area (Å²) >= 11 is 0. The lowest BCUT2D eigenvalue weighted by Gasteiger charge is -2.05. The molecule has 0 saturated carbocycles. The van der Waals surface area contributed by atoms with Gasteiger partial charge in [-0.25, -0.2) is 0 Å². The third kappa shape index (κ3) is 2.17. The van der Waals surface area contributed by atoms with Gasteiger partial charge in [0.05, 0.1) is 0 Å². The zero-order valence-corrected chi connectivity index (χ0v) is 10.9. The highest BCUT2D eigenvalue weighted by atomic mass is 15.3. The van der Waals surface area contributed by atoms with Crippen molar-refractivity contribution in [2.45, 2.75) is 19.8 Å². The molecule has 19 heavy (non-hydrogen) atoms. The van der Waals surface area contributed by atoms with E-state index in [0.717, 1.165) is 24.3 Å². The maximum atomic E-state index is 5.98. The number of aromatic nitrogens is 3. The molecular weight excluding hydrogens is 236 g/mol. The summed E-state index contributed by atoms with van der Waals surface area (Å²) in [4.78, 5) is 0. The predicted molar refractivity (Wildman–Crippen MR) is 76.0 cm³/mol. The van der Waals surface area contributed by atoms with Crippen LogP contribution in [0.15, 0.2) is 42.5 Å². The first-order valence-corrected chi connectivity index (χ1v) is 6.39. The smallest absolute Gasteiger partial charge is 0.162 e. The van der Waals surface area contributed by atoms with Crippen molar-refractivity contribution in [2.24, 2.45) is 0 Å². The van der Waals surface area contributed by atoms with Gasteiger partial charge < -0.3 is 5.73 Å². The van der Waals surface area contributed by atoms with Crippen molar-refractivity contribution in [3.8, 4) is 0 Å². The van der Waals surface area contributed by atoms with Crippen LogP contribution in [0.25, 0.3) is 5.65 Å². The average Bonchev–Trinajstić information content (AvgIpc) is 2.83. The van der Waals surface area contributed by atoms with Gasteiger partial charge in [0.1, 0.15) is 11.6 Å². The first kappa shape index (κ1) is 11.7. The van der Waals surface area contributed by atoms with Crippen LogP contribution in [-0.4, -0.2) is 14.6 Å². The van der Waals surface area contributed by atoms with Crippen molar-refractivity contribution >= 4 is 11.5 Å². The van der Waals surface area contributed by atoms with Gasteiger partial charge in [-0.05, 0) is 36.6 Å². The van der Waals surface area contributed by atoms with Gasteiger partial charge in [0.25, 0.3) is 0 Å². The Morgan fingerprint density at radius 2 is 1.84 bits per heavy atom. The van der Waals surface area contributed by atoms with Crippen molar-refractivity contribution in [2.75, 3.05) is 5.73 Å². The summed E-state index contributed by atoms with van der Waals surface area (Å²) in [6, 6.07) is 14.1. The van der Waals surface area contributed by atoms with E-state index in [9.17, 15) is 0 Å². The van der Waals surface area contributed by atoms with Crippen LogP contribution < -0.4 is 5.73 Å². The molecular formula is C15H16N4. The molecule has 4 heteroatoms. The van der Waals surface area contributed by atoms with Crippen LogP contribution in [0.1, 0.15) is 17.0 Å². The molecule has 0 spiro atoms. The largest absolute Gasteiger partial charge is 0.385 e. The van der Waals surface area contributed by atoms with Crippen molar-refractivity contribution in [3.05, 3.63) is 59.4 Å². The Morgan fingerprint density at radius 3 is 2.68 bits per heavy atom. The Bertz CT molecular complexity index is 715. The molecule has 0 radical (unpaired) electrons. The molecule has 3 rings (SSSR count). The highest BCUT2D eigenvalue weighted by Gasteiger charge is 2.08. The lowest BCUT2D eigenvalue weighted by molar-refractivity contribution is 0.838. The molecule has 1 aromatic carbocycles. The van der Waals surface area contributed by atoms with E-state index in [1.54, 1.807) is 0 Å². The molecule has 0 aliphatic rings. The van der Waals surface area contributed by atoms with Crippen LogP contribution in [0.4, 0.5) is 5.82 Å². The van der Waals surface area contributed by atoms with Crippen LogP contribution in [0.3, 0.4) is 0 Å². The Morgan fingerprint density at radius 1 is 1.00 bits per heavy atom. The second-order valence-corrected chi connectivity index (χ2v) is 4.69. The molecule has 2 heterocycles. The van der Waals surface area contributed by atoms with Gasteiger partial charge in [-0.2, -0.15) is 0 Å². The second kappa shape index (κ2) is 4.72. The van der Waals surface area contributed by atoms with E-state index in [4.69, 9.17) is 5.73 Å². The summed E-state index contributed by atoms with van der Waals surface area (Å²) in [5.74, 6) is 1.60.